The van der Waals surface area contributed by atoms with Crippen molar-refractivity contribution in [3.05, 3.63) is 41.3 Å². The molecule has 0 unspecified atom stereocenters. The first-order chi connectivity index (χ1) is 7.31. The van der Waals surface area contributed by atoms with Crippen LogP contribution in [0.5, 0.6) is 0 Å². The van der Waals surface area contributed by atoms with E-state index in [1.165, 1.54) is 12.4 Å². The van der Waals surface area contributed by atoms with Crippen molar-refractivity contribution < 1.29 is 4.79 Å². The molecule has 0 aliphatic heterocycles. The Morgan fingerprint density at radius 2 is 2.13 bits per heavy atom. The van der Waals surface area contributed by atoms with Crippen LogP contribution in [-0.2, 0) is 4.79 Å². The van der Waals surface area contributed by atoms with Crippen molar-refractivity contribution in [2.45, 2.75) is 0 Å². The summed E-state index contributed by atoms with van der Waals surface area (Å²) in [7, 11) is 0. The summed E-state index contributed by atoms with van der Waals surface area (Å²) in [4.78, 5) is 18.1. The van der Waals surface area contributed by atoms with Gasteiger partial charge < -0.3 is 0 Å². The van der Waals surface area contributed by atoms with Gasteiger partial charge in [-0.25, -0.2) is 9.97 Å². The van der Waals surface area contributed by atoms with E-state index in [-0.39, 0.29) is 0 Å². The van der Waals surface area contributed by atoms with Gasteiger partial charge in [0.1, 0.15) is 17.8 Å². The maximum Gasteiger partial charge on any atom is 0.142 e. The Labute approximate surface area is 91.4 Å². The second-order valence-electron chi connectivity index (χ2n) is 2.94. The second-order valence-corrected chi connectivity index (χ2v) is 3.29. The fourth-order valence-corrected chi connectivity index (χ4v) is 1.50. The number of carbonyl (C=O) groups excluding carboxylic acids is 1. The summed E-state index contributed by atoms with van der Waals surface area (Å²) in [6.07, 6.45) is 5.29. The molecule has 0 radical (unpaired) electrons. The Kier molecular flexibility index (Phi) is 2.74. The molecule has 2 aromatic rings. The molecule has 0 spiro atoms. The summed E-state index contributed by atoms with van der Waals surface area (Å²) < 4.78 is 0. The molecule has 0 aliphatic rings. The summed E-state index contributed by atoms with van der Waals surface area (Å²) in [5.41, 5.74) is 1.67. The van der Waals surface area contributed by atoms with Crippen LogP contribution in [0, 0.1) is 0 Å². The average molecular weight is 219 g/mol. The molecule has 0 saturated carbocycles. The summed E-state index contributed by atoms with van der Waals surface area (Å²) in [5, 5.41) is 1.24. The van der Waals surface area contributed by atoms with Gasteiger partial charge in [0.2, 0.25) is 0 Å². The Hall–Kier alpha value is -1.74. The van der Waals surface area contributed by atoms with Crippen LogP contribution in [0.2, 0.25) is 5.15 Å². The van der Waals surface area contributed by atoms with Crippen molar-refractivity contribution in [1.29, 1.82) is 0 Å². The first kappa shape index (κ1) is 9.80. The van der Waals surface area contributed by atoms with Crippen molar-refractivity contribution in [2.24, 2.45) is 0 Å². The van der Waals surface area contributed by atoms with E-state index in [1.807, 2.05) is 18.2 Å². The monoisotopic (exact) mass is 218 g/mol. The molecule has 0 fully saturated rings. The van der Waals surface area contributed by atoms with Gasteiger partial charge in [0.05, 0.1) is 5.52 Å². The van der Waals surface area contributed by atoms with Crippen LogP contribution in [0.15, 0.2) is 30.6 Å². The van der Waals surface area contributed by atoms with Gasteiger partial charge in [-0.2, -0.15) is 0 Å². The van der Waals surface area contributed by atoms with E-state index < -0.39 is 0 Å². The van der Waals surface area contributed by atoms with Gasteiger partial charge in [-0.1, -0.05) is 23.7 Å². The summed E-state index contributed by atoms with van der Waals surface area (Å²) in [6.45, 7) is 0. The highest BCUT2D eigenvalue weighted by molar-refractivity contribution is 6.34. The number of carbonyl (C=O) groups is 1. The summed E-state index contributed by atoms with van der Waals surface area (Å²) >= 11 is 5.89. The molecular weight excluding hydrogens is 212 g/mol. The Bertz CT molecular complexity index is 537. The molecule has 15 heavy (non-hydrogen) atoms. The Morgan fingerprint density at radius 1 is 1.27 bits per heavy atom. The maximum absolute atomic E-state index is 10.2. The molecule has 1 aromatic heterocycles. The predicted molar refractivity (Wildman–Crippen MR) is 59.6 cm³/mol. The molecule has 0 bridgehead atoms. The van der Waals surface area contributed by atoms with E-state index in [9.17, 15) is 4.79 Å². The zero-order valence-corrected chi connectivity index (χ0v) is 8.48. The highest BCUT2D eigenvalue weighted by Crippen LogP contribution is 2.20. The SMILES string of the molecule is O=CC=Cc1ccc2c(Cl)ncnc2c1. The van der Waals surface area contributed by atoms with Gasteiger partial charge in [0.25, 0.3) is 0 Å². The van der Waals surface area contributed by atoms with E-state index in [4.69, 9.17) is 11.6 Å². The highest BCUT2D eigenvalue weighted by Gasteiger charge is 2.00. The lowest BCUT2D eigenvalue weighted by molar-refractivity contribution is -0.104. The van der Waals surface area contributed by atoms with Crippen molar-refractivity contribution in [3.63, 3.8) is 0 Å². The van der Waals surface area contributed by atoms with Crippen molar-refractivity contribution in [2.75, 3.05) is 0 Å². The van der Waals surface area contributed by atoms with E-state index in [0.717, 1.165) is 22.8 Å². The predicted octanol–water partition coefficient (Wildman–Crippen LogP) is 2.50. The molecule has 0 N–H and O–H groups in total. The van der Waals surface area contributed by atoms with Gasteiger partial charge in [0.15, 0.2) is 0 Å². The second kappa shape index (κ2) is 4.19. The van der Waals surface area contributed by atoms with Gasteiger partial charge >= 0.3 is 0 Å². The zero-order chi connectivity index (χ0) is 10.7. The van der Waals surface area contributed by atoms with Crippen LogP contribution >= 0.6 is 11.6 Å². The number of benzene rings is 1. The maximum atomic E-state index is 10.2. The largest absolute Gasteiger partial charge is 0.299 e. The van der Waals surface area contributed by atoms with Crippen molar-refractivity contribution in [3.8, 4) is 0 Å². The minimum Gasteiger partial charge on any atom is -0.299 e. The molecule has 0 saturated heterocycles. The number of aldehydes is 1. The summed E-state index contributed by atoms with van der Waals surface area (Å²) in [6, 6.07) is 5.54. The van der Waals surface area contributed by atoms with E-state index in [1.54, 1.807) is 6.08 Å². The van der Waals surface area contributed by atoms with Gasteiger partial charge in [0, 0.05) is 5.39 Å². The van der Waals surface area contributed by atoms with E-state index >= 15 is 0 Å². The number of hydrogen-bond donors (Lipinski definition) is 0. The average Bonchev–Trinajstić information content (AvgIpc) is 2.26. The summed E-state index contributed by atoms with van der Waals surface area (Å²) in [5.74, 6) is 0. The third-order valence-electron chi connectivity index (χ3n) is 1.98. The molecule has 74 valence electrons. The smallest absolute Gasteiger partial charge is 0.142 e. The van der Waals surface area contributed by atoms with E-state index in [0.29, 0.717) is 5.15 Å². The lowest BCUT2D eigenvalue weighted by atomic mass is 10.1. The minimum atomic E-state index is 0.436. The molecule has 1 aromatic carbocycles. The van der Waals surface area contributed by atoms with Crippen molar-refractivity contribution in [1.82, 2.24) is 9.97 Å². The number of fused-ring (bicyclic) bond motifs is 1. The lowest BCUT2D eigenvalue weighted by Crippen LogP contribution is -1.84. The van der Waals surface area contributed by atoms with Gasteiger partial charge in [-0.15, -0.1) is 0 Å². The zero-order valence-electron chi connectivity index (χ0n) is 7.72. The fourth-order valence-electron chi connectivity index (χ4n) is 1.30. The number of hydrogen-bond acceptors (Lipinski definition) is 3. The number of nitrogens with zero attached hydrogens (tertiary/aromatic N) is 2. The Balaban J connectivity index is 2.56. The number of aromatic nitrogens is 2. The first-order valence-electron chi connectivity index (χ1n) is 4.33. The van der Waals surface area contributed by atoms with Crippen LogP contribution in [0.1, 0.15) is 5.56 Å². The quantitative estimate of drug-likeness (QED) is 0.442. The number of rotatable bonds is 2. The van der Waals surface area contributed by atoms with E-state index in [2.05, 4.69) is 9.97 Å². The topological polar surface area (TPSA) is 42.9 Å². The van der Waals surface area contributed by atoms with Gasteiger partial charge in [-0.05, 0) is 23.8 Å². The lowest BCUT2D eigenvalue weighted by Gasteiger charge is -1.99. The molecule has 2 rings (SSSR count). The highest BCUT2D eigenvalue weighted by atomic mass is 35.5. The molecule has 0 atom stereocenters. The molecule has 3 nitrogen and oxygen atoms in total. The third-order valence-corrected chi connectivity index (χ3v) is 2.28. The van der Waals surface area contributed by atoms with Crippen LogP contribution in [0.25, 0.3) is 17.0 Å². The molecular formula is C11H7ClN2O. The molecule has 4 heteroatoms. The normalized spacial score (nSPS) is 11.0. The Morgan fingerprint density at radius 3 is 2.93 bits per heavy atom. The molecule has 1 heterocycles. The standard InChI is InChI=1S/C11H7ClN2O/c12-11-9-4-3-8(2-1-5-15)6-10(9)13-7-14-11/h1-7H. The van der Waals surface area contributed by atoms with Crippen LogP contribution in [0.4, 0.5) is 0 Å². The molecule has 0 aliphatic carbocycles. The number of halogens is 1. The van der Waals surface area contributed by atoms with Crippen LogP contribution in [0.3, 0.4) is 0 Å². The van der Waals surface area contributed by atoms with Crippen LogP contribution in [-0.4, -0.2) is 16.3 Å². The van der Waals surface area contributed by atoms with Crippen molar-refractivity contribution >= 4 is 34.9 Å². The van der Waals surface area contributed by atoms with Crippen LogP contribution < -0.4 is 0 Å². The molecule has 0 amide bonds. The number of allylic oxidation sites excluding steroid dienone is 1. The van der Waals surface area contributed by atoms with Gasteiger partial charge in [-0.3, -0.25) is 4.79 Å². The first-order valence-corrected chi connectivity index (χ1v) is 4.71. The third kappa shape index (κ3) is 2.02. The minimum absolute atomic E-state index is 0.436. The fraction of sp³-hybridized carbons (Fsp3) is 0.